The van der Waals surface area contributed by atoms with E-state index in [-0.39, 0.29) is 0 Å². The van der Waals surface area contributed by atoms with Crippen molar-refractivity contribution in [2.75, 3.05) is 11.5 Å². The van der Waals surface area contributed by atoms with E-state index in [4.69, 9.17) is 0 Å². The molecule has 2 rings (SSSR count). The molecule has 1 aromatic heterocycles. The monoisotopic (exact) mass is 289 g/mol. The Balaban J connectivity index is 1.79. The van der Waals surface area contributed by atoms with E-state index in [2.05, 4.69) is 48.4 Å². The Morgan fingerprint density at radius 1 is 1.30 bits per heavy atom. The van der Waals surface area contributed by atoms with Crippen LogP contribution in [0.5, 0.6) is 0 Å². The van der Waals surface area contributed by atoms with Gasteiger partial charge in [-0.3, -0.25) is 0 Å². The van der Waals surface area contributed by atoms with E-state index in [0.717, 1.165) is 12.2 Å². The number of thioether (sulfide) groups is 1. The molecule has 4 heteroatoms. The van der Waals surface area contributed by atoms with Gasteiger partial charge < -0.3 is 9.88 Å². The number of nitrogens with one attached hydrogen (secondary N) is 1. The Bertz CT molecular complexity index is 479. The summed E-state index contributed by atoms with van der Waals surface area (Å²) in [6.07, 6.45) is 6.80. The Morgan fingerprint density at radius 2 is 2.10 bits per heavy atom. The molecule has 0 bridgehead atoms. The van der Waals surface area contributed by atoms with E-state index in [1.165, 1.54) is 23.5 Å². The summed E-state index contributed by atoms with van der Waals surface area (Å²) in [6, 6.07) is 9.19. The van der Waals surface area contributed by atoms with Gasteiger partial charge in [-0.05, 0) is 42.5 Å². The predicted octanol–water partition coefficient (Wildman–Crippen LogP) is 3.49. The average Bonchev–Trinajstić information content (AvgIpc) is 3.00. The van der Waals surface area contributed by atoms with Gasteiger partial charge in [0.25, 0.3) is 0 Å². The minimum atomic E-state index is 0.572. The van der Waals surface area contributed by atoms with Crippen molar-refractivity contribution in [3.8, 4) is 5.69 Å². The molecule has 1 heterocycles. The van der Waals surface area contributed by atoms with Crippen LogP contribution in [0.4, 0.5) is 0 Å². The van der Waals surface area contributed by atoms with E-state index < -0.39 is 0 Å². The summed E-state index contributed by atoms with van der Waals surface area (Å²) in [7, 11) is 0. The van der Waals surface area contributed by atoms with Crippen LogP contribution in [-0.4, -0.2) is 27.1 Å². The fourth-order valence-corrected chi connectivity index (χ4v) is 2.81. The van der Waals surface area contributed by atoms with Crippen LogP contribution >= 0.6 is 11.8 Å². The molecule has 1 aromatic carbocycles. The predicted molar refractivity (Wildman–Crippen MR) is 87.5 cm³/mol. The maximum atomic E-state index is 4.06. The molecule has 0 aliphatic rings. The fourth-order valence-electron chi connectivity index (χ4n) is 2.00. The Kier molecular flexibility index (Phi) is 6.15. The molecule has 0 saturated carbocycles. The normalized spacial score (nSPS) is 12.5. The van der Waals surface area contributed by atoms with Crippen LogP contribution in [0.2, 0.25) is 0 Å². The molecular weight excluding hydrogens is 266 g/mol. The molecule has 0 aliphatic carbocycles. The van der Waals surface area contributed by atoms with Crippen molar-refractivity contribution in [3.63, 3.8) is 0 Å². The summed E-state index contributed by atoms with van der Waals surface area (Å²) in [6.45, 7) is 5.41. The molecule has 0 aliphatic heterocycles. The molecule has 20 heavy (non-hydrogen) atoms. The number of hydrogen-bond acceptors (Lipinski definition) is 3. The van der Waals surface area contributed by atoms with E-state index in [1.54, 1.807) is 6.20 Å². The molecule has 2 aromatic rings. The van der Waals surface area contributed by atoms with Crippen LogP contribution in [0, 0.1) is 0 Å². The van der Waals surface area contributed by atoms with Crippen molar-refractivity contribution in [1.29, 1.82) is 0 Å². The zero-order valence-electron chi connectivity index (χ0n) is 12.2. The highest BCUT2D eigenvalue weighted by Crippen LogP contribution is 2.10. The number of nitrogens with zero attached hydrogens (tertiary/aromatic N) is 2. The largest absolute Gasteiger partial charge is 0.310 e. The maximum absolute atomic E-state index is 4.06. The summed E-state index contributed by atoms with van der Waals surface area (Å²) < 4.78 is 2.02. The lowest BCUT2D eigenvalue weighted by atomic mass is 10.2. The first-order valence-electron chi connectivity index (χ1n) is 7.18. The second-order valence-electron chi connectivity index (χ2n) is 4.90. The summed E-state index contributed by atoms with van der Waals surface area (Å²) >= 11 is 2.01. The number of benzene rings is 1. The Labute approximate surface area is 125 Å². The van der Waals surface area contributed by atoms with Crippen LogP contribution in [0.3, 0.4) is 0 Å². The molecular formula is C16H23N3S. The first-order chi connectivity index (χ1) is 9.79. The van der Waals surface area contributed by atoms with Crippen molar-refractivity contribution in [3.05, 3.63) is 48.5 Å². The molecule has 0 fully saturated rings. The van der Waals surface area contributed by atoms with Gasteiger partial charge in [0.2, 0.25) is 0 Å². The molecule has 0 radical (unpaired) electrons. The summed E-state index contributed by atoms with van der Waals surface area (Å²) in [5.74, 6) is 2.45. The number of aromatic nitrogens is 2. The van der Waals surface area contributed by atoms with Crippen molar-refractivity contribution >= 4 is 11.8 Å². The van der Waals surface area contributed by atoms with Gasteiger partial charge >= 0.3 is 0 Å². The summed E-state index contributed by atoms with van der Waals surface area (Å²) in [4.78, 5) is 4.06. The van der Waals surface area contributed by atoms with Gasteiger partial charge in [0.15, 0.2) is 0 Å². The van der Waals surface area contributed by atoms with Crippen LogP contribution in [0.1, 0.15) is 25.8 Å². The minimum absolute atomic E-state index is 0.572. The maximum Gasteiger partial charge on any atom is 0.0991 e. The standard InChI is InChI=1S/C16H23N3S/c1-3-20-11-8-14(2)18-12-15-4-6-16(7-5-15)19-10-9-17-13-19/h4-7,9-10,13-14,18H,3,8,11-12H2,1-2H3. The molecule has 3 nitrogen and oxygen atoms in total. The molecule has 1 atom stereocenters. The van der Waals surface area contributed by atoms with Crippen LogP contribution in [0.15, 0.2) is 43.0 Å². The van der Waals surface area contributed by atoms with Gasteiger partial charge in [-0.15, -0.1) is 0 Å². The van der Waals surface area contributed by atoms with Crippen molar-refractivity contribution in [2.45, 2.75) is 32.9 Å². The third kappa shape index (κ3) is 4.69. The zero-order chi connectivity index (χ0) is 14.2. The number of rotatable bonds is 8. The first kappa shape index (κ1) is 15.1. The molecule has 1 unspecified atom stereocenters. The second-order valence-corrected chi connectivity index (χ2v) is 6.30. The number of hydrogen-bond donors (Lipinski definition) is 1. The lowest BCUT2D eigenvalue weighted by Gasteiger charge is -2.13. The van der Waals surface area contributed by atoms with Crippen molar-refractivity contribution in [2.24, 2.45) is 0 Å². The van der Waals surface area contributed by atoms with E-state index in [9.17, 15) is 0 Å². The highest BCUT2D eigenvalue weighted by atomic mass is 32.2. The Morgan fingerprint density at radius 3 is 2.75 bits per heavy atom. The SMILES string of the molecule is CCSCCC(C)NCc1ccc(-n2ccnc2)cc1. The summed E-state index contributed by atoms with van der Waals surface area (Å²) in [5.41, 5.74) is 2.47. The average molecular weight is 289 g/mol. The fraction of sp³-hybridized carbons (Fsp3) is 0.438. The molecule has 0 saturated heterocycles. The van der Waals surface area contributed by atoms with Crippen LogP contribution < -0.4 is 5.32 Å². The van der Waals surface area contributed by atoms with E-state index in [1.807, 2.05) is 28.9 Å². The molecule has 1 N–H and O–H groups in total. The lowest BCUT2D eigenvalue weighted by Crippen LogP contribution is -2.26. The van der Waals surface area contributed by atoms with Gasteiger partial charge in [0.05, 0.1) is 6.33 Å². The highest BCUT2D eigenvalue weighted by molar-refractivity contribution is 7.99. The van der Waals surface area contributed by atoms with Gasteiger partial charge in [-0.2, -0.15) is 11.8 Å². The third-order valence-corrected chi connectivity index (χ3v) is 4.23. The topological polar surface area (TPSA) is 29.9 Å². The quantitative estimate of drug-likeness (QED) is 0.754. The zero-order valence-corrected chi connectivity index (χ0v) is 13.1. The van der Waals surface area contributed by atoms with Gasteiger partial charge in [-0.1, -0.05) is 19.1 Å². The van der Waals surface area contributed by atoms with Crippen molar-refractivity contribution < 1.29 is 0 Å². The van der Waals surface area contributed by atoms with Gasteiger partial charge in [-0.25, -0.2) is 4.98 Å². The van der Waals surface area contributed by atoms with Crippen LogP contribution in [-0.2, 0) is 6.54 Å². The summed E-state index contributed by atoms with van der Waals surface area (Å²) in [5, 5.41) is 3.58. The first-order valence-corrected chi connectivity index (χ1v) is 8.33. The Hall–Kier alpha value is -1.26. The highest BCUT2D eigenvalue weighted by Gasteiger charge is 2.02. The molecule has 0 amide bonds. The van der Waals surface area contributed by atoms with E-state index >= 15 is 0 Å². The third-order valence-electron chi connectivity index (χ3n) is 3.29. The number of imidazole rings is 1. The molecule has 0 spiro atoms. The second kappa shape index (κ2) is 8.12. The smallest absolute Gasteiger partial charge is 0.0991 e. The van der Waals surface area contributed by atoms with Gasteiger partial charge in [0, 0.05) is 30.7 Å². The molecule has 108 valence electrons. The lowest BCUT2D eigenvalue weighted by molar-refractivity contribution is 0.537. The van der Waals surface area contributed by atoms with Crippen LogP contribution in [0.25, 0.3) is 5.69 Å². The van der Waals surface area contributed by atoms with E-state index in [0.29, 0.717) is 6.04 Å². The van der Waals surface area contributed by atoms with Gasteiger partial charge in [0.1, 0.15) is 0 Å². The van der Waals surface area contributed by atoms with Crippen molar-refractivity contribution in [1.82, 2.24) is 14.9 Å². The minimum Gasteiger partial charge on any atom is -0.310 e.